The fourth-order valence-electron chi connectivity index (χ4n) is 4.14. The molecular weight excluding hydrogens is 480 g/mol. The molecule has 3 aromatic carbocycles. The molecule has 7 nitrogen and oxygen atoms in total. The van der Waals surface area contributed by atoms with Crippen LogP contribution < -0.4 is 20.1 Å². The normalized spacial score (nSPS) is 12.9. The van der Waals surface area contributed by atoms with E-state index < -0.39 is 17.7 Å². The second-order valence-corrected chi connectivity index (χ2v) is 10.5. The summed E-state index contributed by atoms with van der Waals surface area (Å²) in [4.78, 5) is 25.2. The first-order valence-electron chi connectivity index (χ1n) is 13.1. The van der Waals surface area contributed by atoms with Gasteiger partial charge in [-0.25, -0.2) is 4.79 Å². The van der Waals surface area contributed by atoms with E-state index in [2.05, 4.69) is 34.9 Å². The summed E-state index contributed by atoms with van der Waals surface area (Å²) in [6.45, 7) is 10.1. The lowest BCUT2D eigenvalue weighted by molar-refractivity contribution is -0.124. The highest BCUT2D eigenvalue weighted by Crippen LogP contribution is 2.30. The topological polar surface area (TPSA) is 85.9 Å². The fraction of sp³-hybridized carbons (Fsp3) is 0.419. The molecule has 0 fully saturated rings. The molecule has 2 N–H and O–H groups in total. The number of hydrogen-bond acceptors (Lipinski definition) is 5. The molecule has 3 rings (SSSR count). The van der Waals surface area contributed by atoms with Crippen molar-refractivity contribution in [2.24, 2.45) is 5.92 Å². The second kappa shape index (κ2) is 13.2. The highest BCUT2D eigenvalue weighted by atomic mass is 16.6. The van der Waals surface area contributed by atoms with Gasteiger partial charge in [-0.05, 0) is 67.1 Å². The Morgan fingerprint density at radius 3 is 2.42 bits per heavy atom. The number of hydrogen-bond donors (Lipinski definition) is 2. The molecule has 0 saturated heterocycles. The minimum atomic E-state index is -0.672. The van der Waals surface area contributed by atoms with Crippen LogP contribution in [-0.4, -0.2) is 37.3 Å². The van der Waals surface area contributed by atoms with Crippen LogP contribution in [0.15, 0.2) is 60.7 Å². The van der Waals surface area contributed by atoms with Gasteiger partial charge in [0.1, 0.15) is 18.2 Å². The van der Waals surface area contributed by atoms with Gasteiger partial charge in [-0.15, -0.1) is 0 Å². The summed E-state index contributed by atoms with van der Waals surface area (Å²) < 4.78 is 17.0. The van der Waals surface area contributed by atoms with Crippen LogP contribution >= 0.6 is 0 Å². The Morgan fingerprint density at radius 2 is 1.71 bits per heavy atom. The van der Waals surface area contributed by atoms with E-state index in [1.165, 1.54) is 5.39 Å². The summed E-state index contributed by atoms with van der Waals surface area (Å²) in [5.74, 6) is 1.03. The van der Waals surface area contributed by atoms with Crippen molar-refractivity contribution < 1.29 is 23.8 Å². The monoisotopic (exact) mass is 520 g/mol. The van der Waals surface area contributed by atoms with Crippen LogP contribution in [0.3, 0.4) is 0 Å². The van der Waals surface area contributed by atoms with Crippen LogP contribution in [0.1, 0.15) is 52.2 Å². The maximum atomic E-state index is 12.9. The number of nitrogens with one attached hydrogen (secondary N) is 2. The van der Waals surface area contributed by atoms with Gasteiger partial charge in [0.15, 0.2) is 11.5 Å². The first-order chi connectivity index (χ1) is 18.1. The summed E-state index contributed by atoms with van der Waals surface area (Å²) in [5.41, 5.74) is 1.47. The minimum absolute atomic E-state index is 0.0409. The predicted octanol–water partition coefficient (Wildman–Crippen LogP) is 6.03. The van der Waals surface area contributed by atoms with Crippen molar-refractivity contribution in [2.45, 2.75) is 65.7 Å². The zero-order valence-corrected chi connectivity index (χ0v) is 23.3. The van der Waals surface area contributed by atoms with Crippen molar-refractivity contribution in [1.82, 2.24) is 10.6 Å². The fourth-order valence-corrected chi connectivity index (χ4v) is 4.14. The molecule has 3 aromatic rings. The molecule has 0 radical (unpaired) electrons. The maximum Gasteiger partial charge on any atom is 0.408 e. The third-order valence-corrected chi connectivity index (χ3v) is 6.37. The van der Waals surface area contributed by atoms with Crippen LogP contribution in [0, 0.1) is 5.92 Å². The minimum Gasteiger partial charge on any atom is -0.493 e. The lowest BCUT2D eigenvalue weighted by atomic mass is 9.98. The number of fused-ring (bicyclic) bond motifs is 1. The first kappa shape index (κ1) is 28.8. The second-order valence-electron chi connectivity index (χ2n) is 10.5. The average Bonchev–Trinajstić information content (AvgIpc) is 2.89. The lowest BCUT2D eigenvalue weighted by Gasteiger charge is -2.26. The summed E-state index contributed by atoms with van der Waals surface area (Å²) in [6, 6.07) is 19.5. The van der Waals surface area contributed by atoms with Gasteiger partial charge in [0.2, 0.25) is 5.91 Å². The van der Waals surface area contributed by atoms with Gasteiger partial charge in [-0.1, -0.05) is 68.8 Å². The van der Waals surface area contributed by atoms with Crippen LogP contribution in [0.4, 0.5) is 4.79 Å². The summed E-state index contributed by atoms with van der Waals surface area (Å²) >= 11 is 0. The van der Waals surface area contributed by atoms with E-state index in [0.717, 1.165) is 22.9 Å². The smallest absolute Gasteiger partial charge is 0.408 e. The number of alkyl carbamates (subject to hydrolysis) is 1. The number of carbonyl (C=O) groups is 2. The molecule has 0 aromatic heterocycles. The van der Waals surface area contributed by atoms with Crippen molar-refractivity contribution in [3.05, 3.63) is 71.8 Å². The van der Waals surface area contributed by atoms with Gasteiger partial charge in [-0.2, -0.15) is 0 Å². The quantitative estimate of drug-likeness (QED) is 0.323. The molecule has 0 heterocycles. The third-order valence-electron chi connectivity index (χ3n) is 6.37. The van der Waals surface area contributed by atoms with Crippen LogP contribution in [-0.2, 0) is 22.6 Å². The highest BCUT2D eigenvalue weighted by Gasteiger charge is 2.28. The van der Waals surface area contributed by atoms with Gasteiger partial charge in [0, 0.05) is 6.54 Å². The molecule has 0 saturated carbocycles. The Hall–Kier alpha value is -3.74. The summed E-state index contributed by atoms with van der Waals surface area (Å²) in [6.07, 6.45) is 0.748. The number of methoxy groups -OCH3 is 1. The molecule has 38 heavy (non-hydrogen) atoms. The largest absolute Gasteiger partial charge is 0.493 e. The molecule has 1 unspecified atom stereocenters. The zero-order chi connectivity index (χ0) is 27.7. The van der Waals surface area contributed by atoms with E-state index in [4.69, 9.17) is 14.2 Å². The van der Waals surface area contributed by atoms with Crippen molar-refractivity contribution in [2.75, 3.05) is 13.7 Å². The Morgan fingerprint density at radius 1 is 0.974 bits per heavy atom. The maximum absolute atomic E-state index is 12.9. The molecule has 0 aliphatic heterocycles. The van der Waals surface area contributed by atoms with Crippen molar-refractivity contribution >= 4 is 22.8 Å². The molecule has 0 aliphatic rings. The molecule has 2 amide bonds. The van der Waals surface area contributed by atoms with E-state index in [1.807, 2.05) is 50.2 Å². The summed E-state index contributed by atoms with van der Waals surface area (Å²) in [5, 5.41) is 8.02. The number of rotatable bonds is 11. The van der Waals surface area contributed by atoms with Gasteiger partial charge in [-0.3, -0.25) is 4.79 Å². The molecule has 0 bridgehead atoms. The van der Waals surface area contributed by atoms with E-state index in [9.17, 15) is 9.59 Å². The Bertz CT molecular complexity index is 1230. The number of ether oxygens (including phenoxy) is 3. The SMILES string of the molecule is CC[C@H](C)C(NC(=O)OC(C)(C)C)C(=O)NCCc1ccc(OCc2cccc3ccccc23)c(OC)c1. The van der Waals surface area contributed by atoms with Gasteiger partial charge >= 0.3 is 6.09 Å². The van der Waals surface area contributed by atoms with Crippen LogP contribution in [0.25, 0.3) is 10.8 Å². The van der Waals surface area contributed by atoms with Gasteiger partial charge < -0.3 is 24.8 Å². The Kier molecular flexibility index (Phi) is 9.99. The molecule has 0 aliphatic carbocycles. The molecule has 204 valence electrons. The summed E-state index contributed by atoms with van der Waals surface area (Å²) in [7, 11) is 1.62. The highest BCUT2D eigenvalue weighted by molar-refractivity contribution is 5.86. The van der Waals surface area contributed by atoms with Crippen molar-refractivity contribution in [3.63, 3.8) is 0 Å². The first-order valence-corrected chi connectivity index (χ1v) is 13.1. The standard InChI is InChI=1S/C31H40N2O5/c1-7-21(2)28(33-30(35)38-31(3,4)5)29(34)32-18-17-22-15-16-26(27(19-22)36-6)37-20-24-13-10-12-23-11-8-9-14-25(23)24/h8-16,19,21,28H,7,17-18,20H2,1-6H3,(H,32,34)(H,33,35)/t21-,28?/m0/s1. The predicted molar refractivity (Wildman–Crippen MR) is 151 cm³/mol. The van der Waals surface area contributed by atoms with Gasteiger partial charge in [0.25, 0.3) is 0 Å². The van der Waals surface area contributed by atoms with Crippen LogP contribution in [0.2, 0.25) is 0 Å². The molecule has 7 heteroatoms. The number of carbonyl (C=O) groups excluding carboxylic acids is 2. The zero-order valence-electron chi connectivity index (χ0n) is 23.3. The van der Waals surface area contributed by atoms with E-state index in [0.29, 0.717) is 31.1 Å². The number of benzene rings is 3. The molecular formula is C31H40N2O5. The molecule has 2 atom stereocenters. The molecule has 0 spiro atoms. The van der Waals surface area contributed by atoms with Crippen LogP contribution in [0.5, 0.6) is 11.5 Å². The van der Waals surface area contributed by atoms with Crippen molar-refractivity contribution in [1.29, 1.82) is 0 Å². The average molecular weight is 521 g/mol. The third kappa shape index (κ3) is 8.13. The van der Waals surface area contributed by atoms with Crippen molar-refractivity contribution in [3.8, 4) is 11.5 Å². The van der Waals surface area contributed by atoms with E-state index >= 15 is 0 Å². The Labute approximate surface area is 225 Å². The van der Waals surface area contributed by atoms with E-state index in [1.54, 1.807) is 27.9 Å². The number of amides is 2. The Balaban J connectivity index is 1.58. The lowest BCUT2D eigenvalue weighted by Crippen LogP contribution is -2.51. The van der Waals surface area contributed by atoms with Gasteiger partial charge in [0.05, 0.1) is 7.11 Å². The van der Waals surface area contributed by atoms with E-state index in [-0.39, 0.29) is 11.8 Å².